The molecule has 0 radical (unpaired) electrons. The summed E-state index contributed by atoms with van der Waals surface area (Å²) < 4.78 is 44.6. The molecule has 184 valence electrons. The van der Waals surface area contributed by atoms with Gasteiger partial charge in [0.05, 0.1) is 11.1 Å². The van der Waals surface area contributed by atoms with Crippen LogP contribution in [0.4, 0.5) is 13.2 Å². The van der Waals surface area contributed by atoms with Crippen LogP contribution < -0.4 is 10.1 Å². The lowest BCUT2D eigenvalue weighted by Gasteiger charge is -2.18. The standard InChI is InChI=1S/C28H22F3NO4/c29-28(30,31)21-13-10-19(11-14-21)17-36-25-22-9-5-4-8-20(22)12-15-23(25)26(33)32-24(27(34)35)16-18-6-2-1-3-7-18/h1-15,24H,16-17H2,(H,32,33)(H,34,35)/t24-/m0/s1. The Balaban J connectivity index is 1.60. The van der Waals surface area contributed by atoms with Crippen LogP contribution in [0.1, 0.15) is 27.0 Å². The van der Waals surface area contributed by atoms with Crippen molar-refractivity contribution in [3.05, 3.63) is 113 Å². The van der Waals surface area contributed by atoms with Crippen LogP contribution in [0.5, 0.6) is 5.75 Å². The normalized spacial score (nSPS) is 12.2. The summed E-state index contributed by atoms with van der Waals surface area (Å²) in [6.45, 7) is -0.0845. The quantitative estimate of drug-likeness (QED) is 0.322. The molecule has 0 fully saturated rings. The molecule has 0 aliphatic heterocycles. The number of ether oxygens (including phenoxy) is 1. The van der Waals surface area contributed by atoms with Crippen LogP contribution in [0, 0.1) is 0 Å². The molecule has 1 atom stereocenters. The Kier molecular flexibility index (Phi) is 7.24. The highest BCUT2D eigenvalue weighted by Crippen LogP contribution is 2.32. The fourth-order valence-corrected chi connectivity index (χ4v) is 3.81. The van der Waals surface area contributed by atoms with Gasteiger partial charge in [0.25, 0.3) is 5.91 Å². The number of carbonyl (C=O) groups is 2. The van der Waals surface area contributed by atoms with Gasteiger partial charge in [0.2, 0.25) is 0 Å². The number of carboxylic acid groups (broad SMARTS) is 1. The van der Waals surface area contributed by atoms with Gasteiger partial charge in [0, 0.05) is 11.8 Å². The molecule has 0 saturated heterocycles. The molecule has 0 unspecified atom stereocenters. The molecule has 0 bridgehead atoms. The monoisotopic (exact) mass is 493 g/mol. The van der Waals surface area contributed by atoms with Gasteiger partial charge in [-0.05, 0) is 34.7 Å². The second-order valence-corrected chi connectivity index (χ2v) is 8.20. The number of halogens is 3. The number of alkyl halides is 3. The first kappa shape index (κ1) is 24.8. The van der Waals surface area contributed by atoms with E-state index in [2.05, 4.69) is 5.32 Å². The maximum atomic E-state index is 13.2. The summed E-state index contributed by atoms with van der Waals surface area (Å²) >= 11 is 0. The van der Waals surface area contributed by atoms with Gasteiger partial charge < -0.3 is 15.2 Å². The number of hydrogen-bond acceptors (Lipinski definition) is 3. The van der Waals surface area contributed by atoms with Crippen molar-refractivity contribution in [2.75, 3.05) is 0 Å². The molecule has 4 aromatic carbocycles. The van der Waals surface area contributed by atoms with Gasteiger partial charge in [-0.15, -0.1) is 0 Å². The Hall–Kier alpha value is -4.33. The van der Waals surface area contributed by atoms with E-state index >= 15 is 0 Å². The van der Waals surface area contributed by atoms with Crippen LogP contribution in [0.25, 0.3) is 10.8 Å². The molecule has 0 heterocycles. The fourth-order valence-electron chi connectivity index (χ4n) is 3.81. The summed E-state index contributed by atoms with van der Waals surface area (Å²) in [4.78, 5) is 25.1. The van der Waals surface area contributed by atoms with E-state index in [1.807, 2.05) is 18.2 Å². The Bertz CT molecular complexity index is 1370. The number of carboxylic acids is 1. The minimum absolute atomic E-state index is 0.0845. The van der Waals surface area contributed by atoms with E-state index in [1.54, 1.807) is 48.5 Å². The molecule has 0 aliphatic carbocycles. The Morgan fingerprint density at radius 3 is 2.17 bits per heavy atom. The zero-order valence-electron chi connectivity index (χ0n) is 19.0. The lowest BCUT2D eigenvalue weighted by molar-refractivity contribution is -0.139. The molecule has 0 spiro atoms. The number of rotatable bonds is 8. The summed E-state index contributed by atoms with van der Waals surface area (Å²) in [5, 5.41) is 13.6. The predicted molar refractivity (Wildman–Crippen MR) is 129 cm³/mol. The van der Waals surface area contributed by atoms with E-state index in [0.717, 1.165) is 23.1 Å². The van der Waals surface area contributed by atoms with Gasteiger partial charge in [-0.2, -0.15) is 13.2 Å². The number of benzene rings is 4. The minimum Gasteiger partial charge on any atom is -0.487 e. The molecular weight excluding hydrogens is 471 g/mol. The van der Waals surface area contributed by atoms with E-state index in [0.29, 0.717) is 10.9 Å². The van der Waals surface area contributed by atoms with Crippen LogP contribution >= 0.6 is 0 Å². The average molecular weight is 493 g/mol. The van der Waals surface area contributed by atoms with Gasteiger partial charge in [-0.1, -0.05) is 72.8 Å². The summed E-state index contributed by atoms with van der Waals surface area (Å²) in [5.41, 5.74) is 0.590. The van der Waals surface area contributed by atoms with Crippen molar-refractivity contribution in [3.8, 4) is 5.75 Å². The topological polar surface area (TPSA) is 75.6 Å². The maximum Gasteiger partial charge on any atom is 0.416 e. The lowest BCUT2D eigenvalue weighted by Crippen LogP contribution is -2.42. The van der Waals surface area contributed by atoms with E-state index in [1.165, 1.54) is 12.1 Å². The first-order valence-electron chi connectivity index (χ1n) is 11.1. The van der Waals surface area contributed by atoms with Crippen molar-refractivity contribution >= 4 is 22.6 Å². The number of aliphatic carboxylic acids is 1. The third-order valence-electron chi connectivity index (χ3n) is 5.67. The molecular formula is C28H22F3NO4. The number of fused-ring (bicyclic) bond motifs is 1. The molecule has 0 saturated carbocycles. The fraction of sp³-hybridized carbons (Fsp3) is 0.143. The minimum atomic E-state index is -4.44. The Morgan fingerprint density at radius 1 is 0.833 bits per heavy atom. The first-order chi connectivity index (χ1) is 17.2. The van der Waals surface area contributed by atoms with Crippen LogP contribution in [-0.2, 0) is 24.0 Å². The summed E-state index contributed by atoms with van der Waals surface area (Å²) in [7, 11) is 0. The van der Waals surface area contributed by atoms with E-state index < -0.39 is 29.7 Å². The third-order valence-corrected chi connectivity index (χ3v) is 5.67. The maximum absolute atomic E-state index is 13.2. The molecule has 0 aliphatic rings. The number of hydrogen-bond donors (Lipinski definition) is 2. The van der Waals surface area contributed by atoms with Crippen molar-refractivity contribution in [3.63, 3.8) is 0 Å². The summed E-state index contributed by atoms with van der Waals surface area (Å²) in [6.07, 6.45) is -4.35. The summed E-state index contributed by atoms with van der Waals surface area (Å²) in [5.74, 6) is -1.60. The molecule has 4 aromatic rings. The summed E-state index contributed by atoms with van der Waals surface area (Å²) in [6, 6.07) is 22.8. The molecule has 2 N–H and O–H groups in total. The highest BCUT2D eigenvalue weighted by molar-refractivity contribution is 6.04. The number of nitrogens with one attached hydrogen (secondary N) is 1. The highest BCUT2D eigenvalue weighted by Gasteiger charge is 2.30. The highest BCUT2D eigenvalue weighted by atomic mass is 19.4. The van der Waals surface area contributed by atoms with Crippen molar-refractivity contribution in [1.82, 2.24) is 5.32 Å². The lowest BCUT2D eigenvalue weighted by atomic mass is 10.0. The van der Waals surface area contributed by atoms with Crippen molar-refractivity contribution in [1.29, 1.82) is 0 Å². The van der Waals surface area contributed by atoms with Crippen LogP contribution in [0.15, 0.2) is 91.0 Å². The molecule has 0 aromatic heterocycles. The van der Waals surface area contributed by atoms with Gasteiger partial charge in [-0.25, -0.2) is 4.79 Å². The van der Waals surface area contributed by atoms with Crippen LogP contribution in [-0.4, -0.2) is 23.0 Å². The van der Waals surface area contributed by atoms with Gasteiger partial charge in [0.15, 0.2) is 0 Å². The van der Waals surface area contributed by atoms with Crippen LogP contribution in [0.2, 0.25) is 0 Å². The van der Waals surface area contributed by atoms with Crippen LogP contribution in [0.3, 0.4) is 0 Å². The van der Waals surface area contributed by atoms with Gasteiger partial charge in [-0.3, -0.25) is 4.79 Å². The van der Waals surface area contributed by atoms with E-state index in [4.69, 9.17) is 4.74 Å². The predicted octanol–water partition coefficient (Wildman–Crippen LogP) is 5.86. The second kappa shape index (κ2) is 10.5. The first-order valence-corrected chi connectivity index (χ1v) is 11.1. The van der Waals surface area contributed by atoms with Crippen molar-refractivity contribution < 1.29 is 32.6 Å². The average Bonchev–Trinajstić information content (AvgIpc) is 2.87. The number of carbonyl (C=O) groups excluding carboxylic acids is 1. The smallest absolute Gasteiger partial charge is 0.416 e. The van der Waals surface area contributed by atoms with Gasteiger partial charge in [0.1, 0.15) is 18.4 Å². The molecule has 5 nitrogen and oxygen atoms in total. The van der Waals surface area contributed by atoms with Crippen molar-refractivity contribution in [2.24, 2.45) is 0 Å². The molecule has 1 amide bonds. The van der Waals surface area contributed by atoms with E-state index in [9.17, 15) is 27.9 Å². The zero-order valence-corrected chi connectivity index (χ0v) is 19.0. The molecule has 8 heteroatoms. The Labute approximate surface area is 205 Å². The molecule has 36 heavy (non-hydrogen) atoms. The Morgan fingerprint density at radius 2 is 1.50 bits per heavy atom. The zero-order chi connectivity index (χ0) is 25.7. The second-order valence-electron chi connectivity index (χ2n) is 8.20. The van der Waals surface area contributed by atoms with E-state index in [-0.39, 0.29) is 24.3 Å². The number of amides is 1. The SMILES string of the molecule is O=C(N[C@@H](Cc1ccccc1)C(=O)O)c1ccc2ccccc2c1OCc1ccc(C(F)(F)F)cc1. The molecule has 4 rings (SSSR count). The van der Waals surface area contributed by atoms with Crippen molar-refractivity contribution in [2.45, 2.75) is 25.2 Å². The van der Waals surface area contributed by atoms with Gasteiger partial charge >= 0.3 is 12.1 Å². The third kappa shape index (κ3) is 5.83. The largest absolute Gasteiger partial charge is 0.487 e.